The van der Waals surface area contributed by atoms with Gasteiger partial charge in [-0.1, -0.05) is 12.1 Å². The number of carbonyl (C=O) groups excluding carboxylic acids is 2. The molecule has 10 nitrogen and oxygen atoms in total. The molecule has 11 heteroatoms. The number of nitrogens with zero attached hydrogens (tertiary/aromatic N) is 3. The molecule has 2 N–H and O–H groups in total. The number of rotatable bonds is 9. The van der Waals surface area contributed by atoms with Gasteiger partial charge in [0.05, 0.1) is 21.6 Å². The van der Waals surface area contributed by atoms with E-state index in [1.807, 2.05) is 6.07 Å². The van der Waals surface area contributed by atoms with Crippen molar-refractivity contribution in [2.45, 2.75) is 49.3 Å². The number of hydrogen-bond acceptors (Lipinski definition) is 7. The lowest BCUT2D eigenvalue weighted by molar-refractivity contribution is 0.0694. The Morgan fingerprint density at radius 1 is 1.17 bits per heavy atom. The predicted octanol–water partition coefficient (Wildman–Crippen LogP) is 0.824. The first-order chi connectivity index (χ1) is 17.1. The lowest BCUT2D eigenvalue weighted by atomic mass is 10.1. The van der Waals surface area contributed by atoms with Crippen LogP contribution in [0.4, 0.5) is 0 Å². The van der Waals surface area contributed by atoms with Gasteiger partial charge in [-0.25, -0.2) is 8.42 Å². The molecule has 190 valence electrons. The highest BCUT2D eigenvalue weighted by Gasteiger charge is 2.57. The summed E-state index contributed by atoms with van der Waals surface area (Å²) in [6, 6.07) is 11.5. The molecule has 4 rings (SSSR count). The van der Waals surface area contributed by atoms with Crippen molar-refractivity contribution < 1.29 is 23.1 Å². The monoisotopic (exact) mass is 512 g/mol. The molecule has 1 atom stereocenters. The van der Waals surface area contributed by atoms with Gasteiger partial charge in [0, 0.05) is 32.8 Å². The van der Waals surface area contributed by atoms with E-state index in [1.165, 1.54) is 21.6 Å². The van der Waals surface area contributed by atoms with Crippen molar-refractivity contribution in [1.82, 2.24) is 14.8 Å². The van der Waals surface area contributed by atoms with Crippen molar-refractivity contribution in [1.29, 1.82) is 5.26 Å². The molecule has 0 radical (unpaired) electrons. The summed E-state index contributed by atoms with van der Waals surface area (Å²) in [5, 5.41) is 20.0. The maximum atomic E-state index is 13.1. The summed E-state index contributed by atoms with van der Waals surface area (Å²) in [4.78, 5) is 40.3. The van der Waals surface area contributed by atoms with Crippen LogP contribution in [0, 0.1) is 11.3 Å². The number of aliphatic hydroxyl groups is 1. The highest BCUT2D eigenvalue weighted by atomic mass is 32.2. The largest absolute Gasteiger partial charge is 0.396 e. The average molecular weight is 513 g/mol. The summed E-state index contributed by atoms with van der Waals surface area (Å²) in [5.41, 5.74) is 0.715. The minimum atomic E-state index is -3.54. The van der Waals surface area contributed by atoms with E-state index in [1.54, 1.807) is 31.2 Å². The number of carbonyl (C=O) groups is 2. The number of nitriles is 1. The Kier molecular flexibility index (Phi) is 7.02. The highest BCUT2D eigenvalue weighted by molar-refractivity contribution is 7.93. The third-order valence-corrected chi connectivity index (χ3v) is 10.0. The van der Waals surface area contributed by atoms with Gasteiger partial charge in [-0.3, -0.25) is 14.4 Å². The van der Waals surface area contributed by atoms with E-state index in [4.69, 9.17) is 10.4 Å². The molecule has 1 aromatic carbocycles. The Balaban J connectivity index is 1.47. The fourth-order valence-corrected chi connectivity index (χ4v) is 6.83. The number of benzene rings is 1. The van der Waals surface area contributed by atoms with Crippen LogP contribution in [0.3, 0.4) is 0 Å². The van der Waals surface area contributed by atoms with E-state index in [2.05, 4.69) is 5.32 Å². The number of aromatic nitrogens is 1. The van der Waals surface area contributed by atoms with E-state index < -0.39 is 37.2 Å². The minimum absolute atomic E-state index is 0.0466. The molecule has 1 aliphatic heterocycles. The van der Waals surface area contributed by atoms with E-state index >= 15 is 0 Å². The van der Waals surface area contributed by atoms with Gasteiger partial charge in [0.25, 0.3) is 17.4 Å². The zero-order valence-electron chi connectivity index (χ0n) is 19.9. The Morgan fingerprint density at radius 2 is 1.86 bits per heavy atom. The molecular formula is C25H28N4O6S. The fraction of sp³-hybridized carbons (Fsp3) is 0.440. The van der Waals surface area contributed by atoms with Gasteiger partial charge in [-0.05, 0) is 56.0 Å². The van der Waals surface area contributed by atoms with Gasteiger partial charge in [0.1, 0.15) is 11.3 Å². The smallest absolute Gasteiger partial charge is 0.270 e. The zero-order chi connectivity index (χ0) is 26.1. The Morgan fingerprint density at radius 3 is 2.47 bits per heavy atom. The number of pyridine rings is 1. The van der Waals surface area contributed by atoms with Crippen LogP contribution in [-0.4, -0.2) is 64.5 Å². The Bertz CT molecular complexity index is 1390. The normalized spacial score (nSPS) is 17.1. The van der Waals surface area contributed by atoms with Crippen molar-refractivity contribution in [3.8, 4) is 6.07 Å². The lowest BCUT2D eigenvalue weighted by Crippen LogP contribution is -2.50. The van der Waals surface area contributed by atoms with Gasteiger partial charge < -0.3 is 19.9 Å². The molecule has 2 aliphatic rings. The molecule has 2 amide bonds. The maximum Gasteiger partial charge on any atom is 0.270 e. The summed E-state index contributed by atoms with van der Waals surface area (Å²) in [5.74, 6) is -1.02. The number of hydrogen-bond donors (Lipinski definition) is 2. The quantitative estimate of drug-likeness (QED) is 0.505. The predicted molar refractivity (Wildman–Crippen MR) is 131 cm³/mol. The first-order valence-corrected chi connectivity index (χ1v) is 13.3. The van der Waals surface area contributed by atoms with Gasteiger partial charge in [-0.2, -0.15) is 5.26 Å². The van der Waals surface area contributed by atoms with Crippen molar-refractivity contribution in [2.75, 3.05) is 19.7 Å². The molecule has 2 heterocycles. The number of sulfone groups is 1. The fourth-order valence-electron chi connectivity index (χ4n) is 4.55. The van der Waals surface area contributed by atoms with E-state index in [9.17, 15) is 22.8 Å². The maximum absolute atomic E-state index is 13.1. The van der Waals surface area contributed by atoms with Gasteiger partial charge in [0.15, 0.2) is 9.84 Å². The molecule has 0 saturated heterocycles. The van der Waals surface area contributed by atoms with Crippen LogP contribution < -0.4 is 10.9 Å². The molecule has 0 bridgehead atoms. The van der Waals surface area contributed by atoms with Crippen LogP contribution >= 0.6 is 0 Å². The summed E-state index contributed by atoms with van der Waals surface area (Å²) >= 11 is 0. The van der Waals surface area contributed by atoms with Crippen LogP contribution in [0.5, 0.6) is 0 Å². The number of aliphatic hydroxyl groups excluding tert-OH is 1. The Hall–Kier alpha value is -3.49. The summed E-state index contributed by atoms with van der Waals surface area (Å²) in [7, 11) is -3.54. The first-order valence-electron chi connectivity index (χ1n) is 11.8. The molecule has 1 aromatic heterocycles. The number of nitrogens with one attached hydrogen (secondary N) is 1. The van der Waals surface area contributed by atoms with Crippen molar-refractivity contribution in [3.63, 3.8) is 0 Å². The summed E-state index contributed by atoms with van der Waals surface area (Å²) in [6.45, 7) is 1.88. The van der Waals surface area contributed by atoms with E-state index in [-0.39, 0.29) is 50.5 Å². The van der Waals surface area contributed by atoms with Crippen LogP contribution in [-0.2, 0) is 22.9 Å². The average Bonchev–Trinajstić information content (AvgIpc) is 3.66. The van der Waals surface area contributed by atoms with E-state index in [0.717, 1.165) is 5.56 Å². The van der Waals surface area contributed by atoms with Gasteiger partial charge >= 0.3 is 0 Å². The molecule has 0 spiro atoms. The van der Waals surface area contributed by atoms with Crippen LogP contribution in [0.2, 0.25) is 0 Å². The molecule has 1 fully saturated rings. The SMILES string of the molecule is C[C@H](CCO)S(=O)(=O)C1(CN2CCn3c(ccc(C(=O)NCc4ccc(C#N)cc4)c3=O)C2=O)CC1. The van der Waals surface area contributed by atoms with E-state index in [0.29, 0.717) is 18.4 Å². The molecule has 1 aliphatic carbocycles. The third kappa shape index (κ3) is 4.66. The van der Waals surface area contributed by atoms with Crippen molar-refractivity contribution in [2.24, 2.45) is 0 Å². The molecular weight excluding hydrogens is 484 g/mol. The van der Waals surface area contributed by atoms with Crippen LogP contribution in [0.25, 0.3) is 0 Å². The second-order valence-electron chi connectivity index (χ2n) is 9.36. The third-order valence-electron chi connectivity index (χ3n) is 7.01. The molecule has 1 saturated carbocycles. The molecule has 0 unspecified atom stereocenters. The topological polar surface area (TPSA) is 150 Å². The second kappa shape index (κ2) is 9.87. The molecule has 2 aromatic rings. The van der Waals surface area contributed by atoms with Crippen LogP contribution in [0.1, 0.15) is 58.2 Å². The standard InChI is InChI=1S/C25H28N4O6S/c1-17(8-13-30)36(34,35)25(9-10-25)16-28-11-12-29-21(24(28)33)7-6-20(23(29)32)22(31)27-15-19-4-2-18(14-26)3-5-19/h2-7,17,30H,8-13,15-16H2,1H3,(H,27,31)/t17-/m1/s1. The lowest BCUT2D eigenvalue weighted by Gasteiger charge is -2.33. The molecule has 36 heavy (non-hydrogen) atoms. The second-order valence-corrected chi connectivity index (χ2v) is 12.1. The minimum Gasteiger partial charge on any atom is -0.396 e. The Labute approximate surface area is 209 Å². The summed E-state index contributed by atoms with van der Waals surface area (Å²) in [6.07, 6.45) is 1.06. The van der Waals surface area contributed by atoms with Crippen molar-refractivity contribution >= 4 is 21.7 Å². The van der Waals surface area contributed by atoms with Crippen molar-refractivity contribution in [3.05, 3.63) is 69.1 Å². The van der Waals surface area contributed by atoms with Gasteiger partial charge in [-0.15, -0.1) is 0 Å². The first kappa shape index (κ1) is 25.6. The number of fused-ring (bicyclic) bond motifs is 1. The summed E-state index contributed by atoms with van der Waals surface area (Å²) < 4.78 is 26.3. The zero-order valence-corrected chi connectivity index (χ0v) is 20.8. The highest BCUT2D eigenvalue weighted by Crippen LogP contribution is 2.47. The number of amides is 2. The van der Waals surface area contributed by atoms with Gasteiger partial charge in [0.2, 0.25) is 0 Å². The van der Waals surface area contributed by atoms with Crippen LogP contribution in [0.15, 0.2) is 41.2 Å².